The van der Waals surface area contributed by atoms with Crippen LogP contribution in [-0.2, 0) is 11.3 Å². The van der Waals surface area contributed by atoms with Gasteiger partial charge in [0.25, 0.3) is 0 Å². The van der Waals surface area contributed by atoms with Gasteiger partial charge in [0.2, 0.25) is 5.91 Å². The molecule has 7 nitrogen and oxygen atoms in total. The van der Waals surface area contributed by atoms with E-state index in [0.717, 1.165) is 5.56 Å². The minimum absolute atomic E-state index is 0.0650. The van der Waals surface area contributed by atoms with Crippen LogP contribution in [0.5, 0.6) is 5.75 Å². The molecule has 0 aromatic heterocycles. The van der Waals surface area contributed by atoms with Gasteiger partial charge in [-0.15, -0.1) is 0 Å². The molecule has 1 aromatic carbocycles. The number of carbonyl (C=O) groups excluding carboxylic acids is 1. The highest BCUT2D eigenvalue weighted by Crippen LogP contribution is 2.28. The van der Waals surface area contributed by atoms with Crippen LogP contribution in [0.25, 0.3) is 0 Å². The van der Waals surface area contributed by atoms with Gasteiger partial charge in [0.05, 0.1) is 11.5 Å². The van der Waals surface area contributed by atoms with Crippen LogP contribution in [0.15, 0.2) is 18.2 Å². The van der Waals surface area contributed by atoms with E-state index in [-0.39, 0.29) is 24.0 Å². The molecule has 0 heterocycles. The Hall–Kier alpha value is -2.15. The third-order valence-corrected chi connectivity index (χ3v) is 2.69. The van der Waals surface area contributed by atoms with Crippen molar-refractivity contribution in [2.75, 3.05) is 20.7 Å². The molecule has 0 fully saturated rings. The van der Waals surface area contributed by atoms with Crippen LogP contribution < -0.4 is 15.4 Å². The maximum absolute atomic E-state index is 11.1. The van der Waals surface area contributed by atoms with E-state index in [9.17, 15) is 14.9 Å². The van der Waals surface area contributed by atoms with Gasteiger partial charge in [-0.05, 0) is 25.1 Å². The summed E-state index contributed by atoms with van der Waals surface area (Å²) in [5, 5.41) is 16.4. The number of nitrogens with zero attached hydrogens (tertiary/aromatic N) is 1. The van der Waals surface area contributed by atoms with Crippen LogP contribution in [0.1, 0.15) is 18.4 Å². The molecular formula is C13H19N3O4. The summed E-state index contributed by atoms with van der Waals surface area (Å²) < 4.78 is 5.43. The highest BCUT2D eigenvalue weighted by atomic mass is 16.6. The Labute approximate surface area is 117 Å². The molecule has 0 bridgehead atoms. The number of hydrogen-bond donors (Lipinski definition) is 2. The zero-order valence-electron chi connectivity index (χ0n) is 11.6. The molecule has 2 N–H and O–H groups in total. The predicted molar refractivity (Wildman–Crippen MR) is 74.7 cm³/mol. The smallest absolute Gasteiger partial charge is 0.310 e. The van der Waals surface area contributed by atoms with E-state index in [0.29, 0.717) is 19.4 Å². The summed E-state index contributed by atoms with van der Waals surface area (Å²) in [5.74, 6) is 0.159. The summed E-state index contributed by atoms with van der Waals surface area (Å²) in [5.41, 5.74) is 0.837. The average Bonchev–Trinajstić information content (AvgIpc) is 2.43. The van der Waals surface area contributed by atoms with E-state index in [1.807, 2.05) is 0 Å². The minimum atomic E-state index is -0.475. The van der Waals surface area contributed by atoms with Gasteiger partial charge in [-0.1, -0.05) is 6.07 Å². The molecule has 0 saturated carbocycles. The van der Waals surface area contributed by atoms with Crippen molar-refractivity contribution in [3.63, 3.8) is 0 Å². The first-order chi connectivity index (χ1) is 9.58. The quantitative estimate of drug-likeness (QED) is 0.424. The number of benzene rings is 1. The first-order valence-corrected chi connectivity index (χ1v) is 6.33. The molecule has 0 aliphatic carbocycles. The van der Waals surface area contributed by atoms with E-state index in [2.05, 4.69) is 10.6 Å². The van der Waals surface area contributed by atoms with Gasteiger partial charge >= 0.3 is 5.69 Å². The number of amides is 1. The molecular weight excluding hydrogens is 262 g/mol. The fourth-order valence-corrected chi connectivity index (χ4v) is 1.68. The molecule has 110 valence electrons. The maximum atomic E-state index is 11.1. The second-order valence-electron chi connectivity index (χ2n) is 4.21. The van der Waals surface area contributed by atoms with Crippen LogP contribution in [0.4, 0.5) is 5.69 Å². The largest absolute Gasteiger partial charge is 0.487 e. The summed E-state index contributed by atoms with van der Waals surface area (Å²) in [6.45, 7) is 0.865. The van der Waals surface area contributed by atoms with Crippen molar-refractivity contribution >= 4 is 11.6 Å². The van der Waals surface area contributed by atoms with Gasteiger partial charge in [-0.2, -0.15) is 0 Å². The van der Waals surface area contributed by atoms with Crippen molar-refractivity contribution in [2.45, 2.75) is 19.4 Å². The van der Waals surface area contributed by atoms with Gasteiger partial charge in [0, 0.05) is 26.1 Å². The van der Waals surface area contributed by atoms with Gasteiger partial charge in [0.15, 0.2) is 5.75 Å². The Balaban J connectivity index is 2.67. The first kappa shape index (κ1) is 15.9. The van der Waals surface area contributed by atoms with E-state index in [4.69, 9.17) is 4.74 Å². The lowest BCUT2D eigenvalue weighted by Gasteiger charge is -2.08. The third kappa shape index (κ3) is 4.85. The lowest BCUT2D eigenvalue weighted by molar-refractivity contribution is -0.385. The molecule has 0 saturated heterocycles. The summed E-state index contributed by atoms with van der Waals surface area (Å²) >= 11 is 0. The van der Waals surface area contributed by atoms with Crippen molar-refractivity contribution in [3.05, 3.63) is 33.9 Å². The Bertz CT molecular complexity index is 477. The summed E-state index contributed by atoms with van der Waals surface area (Å²) in [6.07, 6.45) is 0.841. The molecule has 1 rings (SSSR count). The third-order valence-electron chi connectivity index (χ3n) is 2.69. The molecule has 0 aliphatic rings. The predicted octanol–water partition coefficient (Wildman–Crippen LogP) is 1.22. The zero-order valence-corrected chi connectivity index (χ0v) is 11.6. The number of nitrogens with one attached hydrogen (secondary N) is 2. The van der Waals surface area contributed by atoms with Gasteiger partial charge < -0.3 is 15.4 Å². The van der Waals surface area contributed by atoms with E-state index >= 15 is 0 Å². The van der Waals surface area contributed by atoms with Crippen LogP contribution in [0.2, 0.25) is 0 Å². The van der Waals surface area contributed by atoms with Gasteiger partial charge in [-0.3, -0.25) is 14.9 Å². The van der Waals surface area contributed by atoms with Crippen LogP contribution >= 0.6 is 0 Å². The van der Waals surface area contributed by atoms with Gasteiger partial charge in [-0.25, -0.2) is 0 Å². The fraction of sp³-hybridized carbons (Fsp3) is 0.462. The Morgan fingerprint density at radius 1 is 1.40 bits per heavy atom. The normalized spacial score (nSPS) is 10.1. The Morgan fingerprint density at radius 3 is 2.75 bits per heavy atom. The minimum Gasteiger partial charge on any atom is -0.487 e. The summed E-state index contributed by atoms with van der Waals surface area (Å²) in [6, 6.07) is 4.77. The lowest BCUT2D eigenvalue weighted by atomic mass is 10.2. The van der Waals surface area contributed by atoms with Crippen LogP contribution in [-0.4, -0.2) is 31.5 Å². The molecule has 0 spiro atoms. The first-order valence-electron chi connectivity index (χ1n) is 6.33. The maximum Gasteiger partial charge on any atom is 0.310 e. The second kappa shape index (κ2) is 8.11. The highest BCUT2D eigenvalue weighted by molar-refractivity contribution is 5.75. The number of ether oxygens (including phenoxy) is 1. The van der Waals surface area contributed by atoms with E-state index in [1.54, 1.807) is 26.2 Å². The molecule has 0 unspecified atom stereocenters. The fourth-order valence-electron chi connectivity index (χ4n) is 1.68. The van der Waals surface area contributed by atoms with Crippen molar-refractivity contribution in [1.29, 1.82) is 0 Å². The van der Waals surface area contributed by atoms with Crippen LogP contribution in [0, 0.1) is 10.1 Å². The summed E-state index contributed by atoms with van der Waals surface area (Å²) in [7, 11) is 3.36. The van der Waals surface area contributed by atoms with Gasteiger partial charge in [0.1, 0.15) is 0 Å². The molecule has 1 aromatic rings. The Morgan fingerprint density at radius 2 is 2.15 bits per heavy atom. The molecule has 1 amide bonds. The van der Waals surface area contributed by atoms with Crippen molar-refractivity contribution in [2.24, 2.45) is 0 Å². The van der Waals surface area contributed by atoms with Crippen molar-refractivity contribution in [1.82, 2.24) is 10.6 Å². The highest BCUT2D eigenvalue weighted by Gasteiger charge is 2.15. The van der Waals surface area contributed by atoms with Crippen molar-refractivity contribution < 1.29 is 14.5 Å². The number of nitro groups is 1. The monoisotopic (exact) mass is 281 g/mol. The van der Waals surface area contributed by atoms with Crippen LogP contribution in [0.3, 0.4) is 0 Å². The summed E-state index contributed by atoms with van der Waals surface area (Å²) in [4.78, 5) is 21.5. The zero-order chi connectivity index (χ0) is 15.0. The topological polar surface area (TPSA) is 93.5 Å². The lowest BCUT2D eigenvalue weighted by Crippen LogP contribution is -2.18. The van der Waals surface area contributed by atoms with E-state index in [1.165, 1.54) is 6.07 Å². The Kier molecular flexibility index (Phi) is 6.45. The molecule has 0 radical (unpaired) electrons. The van der Waals surface area contributed by atoms with Crippen molar-refractivity contribution in [3.8, 4) is 5.75 Å². The standard InChI is InChI=1S/C13H19N3O4/c1-14-9-10-5-6-11(16(18)19)12(8-10)20-7-3-4-13(17)15-2/h5-6,8,14H,3-4,7,9H2,1-2H3,(H,15,17). The number of nitro benzene ring substituents is 1. The second-order valence-corrected chi connectivity index (χ2v) is 4.21. The molecule has 7 heteroatoms. The number of hydrogen-bond acceptors (Lipinski definition) is 5. The average molecular weight is 281 g/mol. The number of carbonyl (C=O) groups is 1. The number of rotatable bonds is 8. The molecule has 0 aliphatic heterocycles. The molecule has 0 atom stereocenters. The SMILES string of the molecule is CNCc1ccc([N+](=O)[O-])c(OCCCC(=O)NC)c1. The molecule has 20 heavy (non-hydrogen) atoms. The van der Waals surface area contributed by atoms with E-state index < -0.39 is 4.92 Å².